The van der Waals surface area contributed by atoms with Gasteiger partial charge in [-0.15, -0.1) is 0 Å². The van der Waals surface area contributed by atoms with E-state index in [1.165, 1.54) is 4.31 Å². The Morgan fingerprint density at radius 2 is 1.88 bits per heavy atom. The summed E-state index contributed by atoms with van der Waals surface area (Å²) in [6.07, 6.45) is 4.28. The van der Waals surface area contributed by atoms with Gasteiger partial charge in [0.1, 0.15) is 11.2 Å². The van der Waals surface area contributed by atoms with Crippen LogP contribution in [0, 0.1) is 0 Å². The highest BCUT2D eigenvalue weighted by atomic mass is 79.9. The van der Waals surface area contributed by atoms with Gasteiger partial charge in [-0.05, 0) is 70.2 Å². The summed E-state index contributed by atoms with van der Waals surface area (Å²) in [6.45, 7) is 16.5. The third-order valence-electron chi connectivity index (χ3n) is 7.22. The van der Waals surface area contributed by atoms with E-state index in [4.69, 9.17) is 20.9 Å². The van der Waals surface area contributed by atoms with Gasteiger partial charge in [0.2, 0.25) is 11.1 Å². The molecule has 1 atom stereocenters. The van der Waals surface area contributed by atoms with Crippen molar-refractivity contribution in [2.24, 2.45) is 0 Å². The maximum absolute atomic E-state index is 14.2. The largest absolute Gasteiger partial charge is 0.360 e. The molecule has 3 aromatic rings. The summed E-state index contributed by atoms with van der Waals surface area (Å²) < 4.78 is 41.7. The highest BCUT2D eigenvalue weighted by Crippen LogP contribution is 2.39. The Kier molecular flexibility index (Phi) is 9.72. The summed E-state index contributed by atoms with van der Waals surface area (Å²) in [5.41, 5.74) is 2.68. The first-order valence-electron chi connectivity index (χ1n) is 13.7. The van der Waals surface area contributed by atoms with E-state index < -0.39 is 18.1 Å². The molecule has 2 aromatic heterocycles. The Labute approximate surface area is 257 Å². The molecule has 0 saturated heterocycles. The smallest absolute Gasteiger partial charge is 0.267 e. The van der Waals surface area contributed by atoms with Gasteiger partial charge in [0, 0.05) is 57.2 Å². The molecule has 224 valence electrons. The lowest BCUT2D eigenvalue weighted by Crippen LogP contribution is -2.36. The molecule has 0 radical (unpaired) electrons. The van der Waals surface area contributed by atoms with Crippen LogP contribution in [0.2, 0.25) is 31.0 Å². The van der Waals surface area contributed by atoms with Crippen molar-refractivity contribution in [3.63, 3.8) is 0 Å². The van der Waals surface area contributed by atoms with E-state index >= 15 is 0 Å². The monoisotopic (exact) mass is 683 g/mol. The number of hydrogen-bond donors (Lipinski definition) is 0. The number of halogens is 2. The maximum atomic E-state index is 14.2. The van der Waals surface area contributed by atoms with E-state index in [-0.39, 0.29) is 34.2 Å². The van der Waals surface area contributed by atoms with Gasteiger partial charge in [-0.25, -0.2) is 22.7 Å². The van der Waals surface area contributed by atoms with Crippen LogP contribution < -0.4 is 4.31 Å². The van der Waals surface area contributed by atoms with Crippen LogP contribution in [0.5, 0.6) is 0 Å². The van der Waals surface area contributed by atoms with Crippen molar-refractivity contribution >= 4 is 51.4 Å². The fourth-order valence-corrected chi connectivity index (χ4v) is 7.86. The Balaban J connectivity index is 1.64. The standard InChI is InChI=1S/C28H39BrClN5O4SSi/c1-19(22-15-31-27(30)32-16-22)34-11-10-20-8-9-23(14-21(20)17-34)40(36,37)35(18-38-12-13-41(5,6)7)26-24(29)25(39-33-26)28(2,3)4/h8-9,14-16,19H,10-13,17-18H2,1-7H3. The molecule has 0 fully saturated rings. The van der Waals surface area contributed by atoms with Crippen molar-refractivity contribution in [1.29, 1.82) is 0 Å². The van der Waals surface area contributed by atoms with Crippen LogP contribution in [0.3, 0.4) is 0 Å². The number of hydrogen-bond acceptors (Lipinski definition) is 8. The molecular formula is C28H39BrClN5O4SSi. The number of sulfonamides is 1. The Morgan fingerprint density at radius 1 is 1.20 bits per heavy atom. The lowest BCUT2D eigenvalue weighted by molar-refractivity contribution is 0.155. The van der Waals surface area contributed by atoms with Gasteiger partial charge in [0.15, 0.2) is 5.76 Å². The van der Waals surface area contributed by atoms with E-state index in [0.717, 1.165) is 35.7 Å². The van der Waals surface area contributed by atoms with Crippen LogP contribution in [-0.4, -0.2) is 56.4 Å². The average Bonchev–Trinajstić information content (AvgIpc) is 3.28. The Morgan fingerprint density at radius 3 is 2.49 bits per heavy atom. The van der Waals surface area contributed by atoms with E-state index in [2.05, 4.69) is 62.5 Å². The average molecular weight is 685 g/mol. The molecule has 0 aliphatic carbocycles. The second-order valence-corrected chi connectivity index (χ2v) is 21.3. The first kappa shape index (κ1) is 32.1. The van der Waals surface area contributed by atoms with Crippen molar-refractivity contribution in [2.75, 3.05) is 24.2 Å². The first-order chi connectivity index (χ1) is 19.1. The van der Waals surface area contributed by atoms with E-state index in [1.54, 1.807) is 24.5 Å². The fraction of sp³-hybridized carbons (Fsp3) is 0.536. The number of rotatable bonds is 10. The van der Waals surface area contributed by atoms with Gasteiger partial charge >= 0.3 is 0 Å². The number of fused-ring (bicyclic) bond motifs is 1. The second-order valence-electron chi connectivity index (χ2n) is 12.7. The van der Waals surface area contributed by atoms with Gasteiger partial charge in [0.05, 0.1) is 4.90 Å². The Bertz CT molecular complexity index is 1470. The Hall–Kier alpha value is -1.83. The minimum Gasteiger partial charge on any atom is -0.360 e. The zero-order chi connectivity index (χ0) is 30.2. The SMILES string of the molecule is CC(c1cnc(Cl)nc1)N1CCc2ccc(S(=O)(=O)N(COCC[Si](C)(C)C)c3noc(C(C)(C)C)c3Br)cc2C1. The molecule has 41 heavy (non-hydrogen) atoms. The molecule has 1 unspecified atom stereocenters. The molecule has 13 heteroatoms. The second kappa shape index (κ2) is 12.4. The molecule has 9 nitrogen and oxygen atoms in total. The van der Waals surface area contributed by atoms with Gasteiger partial charge < -0.3 is 9.26 Å². The van der Waals surface area contributed by atoms with Gasteiger partial charge in [-0.1, -0.05) is 51.6 Å². The highest BCUT2D eigenvalue weighted by molar-refractivity contribution is 9.10. The minimum absolute atomic E-state index is 0.0406. The summed E-state index contributed by atoms with van der Waals surface area (Å²) in [5, 5.41) is 4.40. The van der Waals surface area contributed by atoms with Gasteiger partial charge in [-0.3, -0.25) is 4.90 Å². The van der Waals surface area contributed by atoms with Crippen LogP contribution in [-0.2, 0) is 33.1 Å². The summed E-state index contributed by atoms with van der Waals surface area (Å²) in [6, 6.07) is 6.32. The van der Waals surface area contributed by atoms with Crippen LogP contribution in [0.15, 0.2) is 44.5 Å². The minimum atomic E-state index is -4.04. The van der Waals surface area contributed by atoms with Crippen LogP contribution in [0.1, 0.15) is 56.2 Å². The summed E-state index contributed by atoms with van der Waals surface area (Å²) in [5.74, 6) is 0.745. The molecule has 0 amide bonds. The molecule has 4 rings (SSSR count). The van der Waals surface area contributed by atoms with E-state index in [0.29, 0.717) is 23.4 Å². The van der Waals surface area contributed by atoms with Crippen LogP contribution in [0.4, 0.5) is 5.82 Å². The summed E-state index contributed by atoms with van der Waals surface area (Å²) in [7, 11) is -5.40. The van der Waals surface area contributed by atoms with Crippen molar-refractivity contribution in [3.8, 4) is 0 Å². The fourth-order valence-electron chi connectivity index (χ4n) is 4.58. The molecule has 0 bridgehead atoms. The summed E-state index contributed by atoms with van der Waals surface area (Å²) >= 11 is 9.44. The van der Waals surface area contributed by atoms with E-state index in [1.807, 2.05) is 26.8 Å². The number of nitrogens with zero attached hydrogens (tertiary/aromatic N) is 5. The molecule has 0 saturated carbocycles. The van der Waals surface area contributed by atoms with Crippen LogP contribution in [0.25, 0.3) is 0 Å². The van der Waals surface area contributed by atoms with E-state index in [9.17, 15) is 8.42 Å². The molecule has 0 N–H and O–H groups in total. The van der Waals surface area contributed by atoms with Gasteiger partial charge in [0.25, 0.3) is 10.0 Å². The number of ether oxygens (including phenoxy) is 1. The number of benzene rings is 1. The number of aromatic nitrogens is 3. The predicted octanol–water partition coefficient (Wildman–Crippen LogP) is 6.80. The maximum Gasteiger partial charge on any atom is 0.267 e. The van der Waals surface area contributed by atoms with Crippen molar-refractivity contribution in [3.05, 3.63) is 62.8 Å². The van der Waals surface area contributed by atoms with Crippen molar-refractivity contribution in [2.45, 2.75) is 82.7 Å². The third-order valence-corrected chi connectivity index (χ3v) is 11.5. The predicted molar refractivity (Wildman–Crippen MR) is 168 cm³/mol. The first-order valence-corrected chi connectivity index (χ1v) is 20.0. The normalized spacial score (nSPS) is 15.5. The summed E-state index contributed by atoms with van der Waals surface area (Å²) in [4.78, 5) is 10.7. The van der Waals surface area contributed by atoms with Crippen molar-refractivity contribution in [1.82, 2.24) is 20.0 Å². The molecule has 1 aliphatic rings. The lowest BCUT2D eigenvalue weighted by atomic mass is 9.93. The number of anilines is 1. The molecule has 1 aliphatic heterocycles. The highest BCUT2D eigenvalue weighted by Gasteiger charge is 2.35. The zero-order valence-electron chi connectivity index (χ0n) is 24.7. The third kappa shape index (κ3) is 7.58. The lowest BCUT2D eigenvalue weighted by Gasteiger charge is -2.34. The molecule has 1 aromatic carbocycles. The topological polar surface area (TPSA) is 102 Å². The molecule has 3 heterocycles. The van der Waals surface area contributed by atoms with Gasteiger partial charge in [-0.2, -0.15) is 0 Å². The zero-order valence-corrected chi connectivity index (χ0v) is 28.9. The van der Waals surface area contributed by atoms with Crippen LogP contribution >= 0.6 is 27.5 Å². The molecular weight excluding hydrogens is 646 g/mol. The quantitative estimate of drug-likeness (QED) is 0.0995. The van der Waals surface area contributed by atoms with Crippen molar-refractivity contribution < 1.29 is 17.7 Å². The molecule has 0 spiro atoms.